The number of hydrogen-bond donors (Lipinski definition) is 0. The summed E-state index contributed by atoms with van der Waals surface area (Å²) in [6.07, 6.45) is 10.5. The van der Waals surface area contributed by atoms with Crippen molar-refractivity contribution in [3.63, 3.8) is 0 Å². The van der Waals surface area contributed by atoms with Crippen molar-refractivity contribution in [2.45, 2.75) is 71.1 Å². The Bertz CT molecular complexity index is 977. The number of unbranched alkanes of at least 4 members (excludes halogenated alkanes) is 1. The van der Waals surface area contributed by atoms with Gasteiger partial charge in [0.05, 0.1) is 13.7 Å². The Morgan fingerprint density at radius 1 is 1.03 bits per heavy atom. The third-order valence-electron chi connectivity index (χ3n) is 7.13. The predicted octanol–water partition coefficient (Wildman–Crippen LogP) is 7.60. The van der Waals surface area contributed by atoms with Crippen LogP contribution in [0.1, 0.15) is 81.0 Å². The Hall–Kier alpha value is -2.29. The van der Waals surface area contributed by atoms with Crippen molar-refractivity contribution in [2.75, 3.05) is 13.7 Å². The fraction of sp³-hybridized carbons (Fsp3) is 0.500. The summed E-state index contributed by atoms with van der Waals surface area (Å²) in [4.78, 5) is 0. The highest BCUT2D eigenvalue weighted by Crippen LogP contribution is 2.65. The molecule has 0 heterocycles. The third-order valence-corrected chi connectivity index (χ3v) is 7.13. The third kappa shape index (κ3) is 4.12. The van der Waals surface area contributed by atoms with E-state index in [9.17, 15) is 4.39 Å². The van der Waals surface area contributed by atoms with Crippen LogP contribution in [0.3, 0.4) is 0 Å². The molecule has 31 heavy (non-hydrogen) atoms. The Balaban J connectivity index is 1.46. The molecule has 4 rings (SSSR count). The standard InChI is InChI=1S/C28H35FO2/c1-5-9-20(6-2)10-7-8-13-31-27-16-21-15-22-18-28(22,24(21)17-26(27)30-4)23-12-11-19(3)14-25(23)29/h11-12,14-17,20H,5-10,13,18H2,1-4H3. The van der Waals surface area contributed by atoms with Gasteiger partial charge in [0.1, 0.15) is 5.82 Å². The van der Waals surface area contributed by atoms with E-state index in [4.69, 9.17) is 9.47 Å². The van der Waals surface area contributed by atoms with Gasteiger partial charge in [0.15, 0.2) is 11.5 Å². The monoisotopic (exact) mass is 422 g/mol. The molecule has 2 aromatic rings. The minimum atomic E-state index is -0.312. The maximum Gasteiger partial charge on any atom is 0.161 e. The zero-order valence-corrected chi connectivity index (χ0v) is 19.4. The van der Waals surface area contributed by atoms with Crippen molar-refractivity contribution >= 4 is 6.08 Å². The number of fused-ring (bicyclic) bond motifs is 3. The first kappa shape index (κ1) is 21.9. The average Bonchev–Trinajstić information content (AvgIpc) is 3.38. The highest BCUT2D eigenvalue weighted by molar-refractivity contribution is 5.82. The number of allylic oxidation sites excluding steroid dienone is 1. The van der Waals surface area contributed by atoms with Crippen LogP contribution in [0.5, 0.6) is 11.5 Å². The van der Waals surface area contributed by atoms with Crippen LogP contribution in [-0.2, 0) is 5.41 Å². The SMILES string of the molecule is CCCC(CC)CCCCOc1cc2c(cc1OC)C1(c3ccc(C)cc3F)CC1=C2. The molecule has 2 unspecified atom stereocenters. The number of halogens is 1. The maximum absolute atomic E-state index is 14.8. The van der Waals surface area contributed by atoms with Crippen LogP contribution in [0.4, 0.5) is 4.39 Å². The predicted molar refractivity (Wildman–Crippen MR) is 126 cm³/mol. The molecule has 0 spiro atoms. The molecule has 3 heteroatoms. The van der Waals surface area contributed by atoms with Gasteiger partial charge in [0, 0.05) is 11.0 Å². The molecule has 2 aliphatic rings. The van der Waals surface area contributed by atoms with Crippen molar-refractivity contribution in [1.82, 2.24) is 0 Å². The number of ether oxygens (including phenoxy) is 2. The maximum atomic E-state index is 14.8. The molecular weight excluding hydrogens is 387 g/mol. The molecule has 0 aromatic heterocycles. The van der Waals surface area contributed by atoms with E-state index in [1.165, 1.54) is 37.7 Å². The van der Waals surface area contributed by atoms with Gasteiger partial charge in [-0.1, -0.05) is 63.3 Å². The fourth-order valence-electron chi connectivity index (χ4n) is 5.27. The molecule has 2 aromatic carbocycles. The summed E-state index contributed by atoms with van der Waals surface area (Å²) in [6.45, 7) is 7.19. The van der Waals surface area contributed by atoms with E-state index in [1.54, 1.807) is 13.2 Å². The van der Waals surface area contributed by atoms with Crippen LogP contribution in [0, 0.1) is 18.7 Å². The number of aryl methyl sites for hydroxylation is 1. The smallest absolute Gasteiger partial charge is 0.161 e. The van der Waals surface area contributed by atoms with Gasteiger partial charge < -0.3 is 9.47 Å². The Kier molecular flexibility index (Phi) is 6.41. The minimum Gasteiger partial charge on any atom is -0.493 e. The Labute approximate surface area is 186 Å². The molecule has 0 saturated heterocycles. The first-order valence-corrected chi connectivity index (χ1v) is 11.9. The van der Waals surface area contributed by atoms with E-state index in [1.807, 2.05) is 19.1 Å². The molecule has 2 atom stereocenters. The van der Waals surface area contributed by atoms with E-state index < -0.39 is 0 Å². The topological polar surface area (TPSA) is 18.5 Å². The number of rotatable bonds is 11. The molecule has 166 valence electrons. The molecular formula is C28H35FO2. The van der Waals surface area contributed by atoms with Crippen LogP contribution >= 0.6 is 0 Å². The lowest BCUT2D eigenvalue weighted by Gasteiger charge is -2.20. The zero-order valence-electron chi connectivity index (χ0n) is 19.4. The molecule has 0 aliphatic heterocycles. The summed E-state index contributed by atoms with van der Waals surface area (Å²) in [5.41, 5.74) is 4.96. The first-order valence-electron chi connectivity index (χ1n) is 11.9. The van der Waals surface area contributed by atoms with E-state index in [-0.39, 0.29) is 11.2 Å². The molecule has 2 aliphatic carbocycles. The lowest BCUT2D eigenvalue weighted by molar-refractivity contribution is 0.278. The quantitative estimate of drug-likeness (QED) is 0.347. The minimum absolute atomic E-state index is 0.121. The van der Waals surface area contributed by atoms with E-state index in [2.05, 4.69) is 32.1 Å². The number of benzene rings is 2. The summed E-state index contributed by atoms with van der Waals surface area (Å²) in [6, 6.07) is 9.72. The molecule has 0 bridgehead atoms. The summed E-state index contributed by atoms with van der Waals surface area (Å²) in [5, 5.41) is 0. The van der Waals surface area contributed by atoms with E-state index in [0.29, 0.717) is 6.61 Å². The molecule has 0 amide bonds. The lowest BCUT2D eigenvalue weighted by atomic mass is 9.86. The summed E-state index contributed by atoms with van der Waals surface area (Å²) < 4.78 is 26.6. The Morgan fingerprint density at radius 3 is 2.58 bits per heavy atom. The highest BCUT2D eigenvalue weighted by atomic mass is 19.1. The van der Waals surface area contributed by atoms with Crippen LogP contribution in [0.2, 0.25) is 0 Å². The average molecular weight is 423 g/mol. The van der Waals surface area contributed by atoms with Crippen molar-refractivity contribution in [1.29, 1.82) is 0 Å². The van der Waals surface area contributed by atoms with Gasteiger partial charge in [-0.2, -0.15) is 0 Å². The van der Waals surface area contributed by atoms with Crippen molar-refractivity contribution in [2.24, 2.45) is 5.92 Å². The Morgan fingerprint density at radius 2 is 1.87 bits per heavy atom. The van der Waals surface area contributed by atoms with Crippen molar-refractivity contribution < 1.29 is 13.9 Å². The molecule has 0 N–H and O–H groups in total. The lowest BCUT2D eigenvalue weighted by Crippen LogP contribution is -2.12. The van der Waals surface area contributed by atoms with Gasteiger partial charge in [0.25, 0.3) is 0 Å². The normalized spacial score (nSPS) is 19.5. The highest BCUT2D eigenvalue weighted by Gasteiger charge is 2.57. The fourth-order valence-corrected chi connectivity index (χ4v) is 5.27. The molecule has 1 fully saturated rings. The van der Waals surface area contributed by atoms with Gasteiger partial charge in [-0.15, -0.1) is 0 Å². The van der Waals surface area contributed by atoms with Crippen LogP contribution < -0.4 is 9.47 Å². The largest absolute Gasteiger partial charge is 0.493 e. The zero-order chi connectivity index (χ0) is 22.0. The molecule has 2 nitrogen and oxygen atoms in total. The van der Waals surface area contributed by atoms with Gasteiger partial charge >= 0.3 is 0 Å². The van der Waals surface area contributed by atoms with Crippen LogP contribution in [0.25, 0.3) is 6.08 Å². The van der Waals surface area contributed by atoms with Crippen LogP contribution in [-0.4, -0.2) is 13.7 Å². The summed E-state index contributed by atoms with van der Waals surface area (Å²) >= 11 is 0. The summed E-state index contributed by atoms with van der Waals surface area (Å²) in [5.74, 6) is 2.25. The second-order valence-corrected chi connectivity index (χ2v) is 9.23. The summed E-state index contributed by atoms with van der Waals surface area (Å²) in [7, 11) is 1.68. The van der Waals surface area contributed by atoms with Gasteiger partial charge in [-0.05, 0) is 67.0 Å². The van der Waals surface area contributed by atoms with Crippen LogP contribution in [0.15, 0.2) is 35.9 Å². The first-order chi connectivity index (χ1) is 15.0. The van der Waals surface area contributed by atoms with E-state index >= 15 is 0 Å². The molecule has 0 radical (unpaired) electrons. The second kappa shape index (κ2) is 9.06. The van der Waals surface area contributed by atoms with Gasteiger partial charge in [0.2, 0.25) is 0 Å². The van der Waals surface area contributed by atoms with Crippen molar-refractivity contribution in [3.05, 3.63) is 64.0 Å². The number of methoxy groups -OCH3 is 1. The van der Waals surface area contributed by atoms with Gasteiger partial charge in [-0.3, -0.25) is 0 Å². The second-order valence-electron chi connectivity index (χ2n) is 9.23. The number of hydrogen-bond acceptors (Lipinski definition) is 2. The molecule has 1 saturated carbocycles. The van der Waals surface area contributed by atoms with E-state index in [0.717, 1.165) is 52.5 Å². The van der Waals surface area contributed by atoms with Crippen molar-refractivity contribution in [3.8, 4) is 11.5 Å². The van der Waals surface area contributed by atoms with Gasteiger partial charge in [-0.25, -0.2) is 4.39 Å².